The Kier molecular flexibility index (Phi) is 3.78. The fraction of sp³-hybridized carbons (Fsp3) is 0.176. The van der Waals surface area contributed by atoms with E-state index in [0.29, 0.717) is 12.1 Å². The van der Waals surface area contributed by atoms with E-state index >= 15 is 0 Å². The van der Waals surface area contributed by atoms with Gasteiger partial charge in [-0.1, -0.05) is 6.07 Å². The molecule has 0 unspecified atom stereocenters. The summed E-state index contributed by atoms with van der Waals surface area (Å²) in [6, 6.07) is 11.3. The van der Waals surface area contributed by atoms with Gasteiger partial charge in [0, 0.05) is 23.3 Å². The van der Waals surface area contributed by atoms with Gasteiger partial charge < -0.3 is 15.0 Å². The van der Waals surface area contributed by atoms with Gasteiger partial charge in [-0.15, -0.1) is 0 Å². The van der Waals surface area contributed by atoms with Gasteiger partial charge in [0.15, 0.2) is 0 Å². The largest absolute Gasteiger partial charge is 0.497 e. The molecule has 3 aromatic rings. The third-order valence-electron chi connectivity index (χ3n) is 3.58. The number of carbonyl (C=O) groups excluding carboxylic acids is 1. The van der Waals surface area contributed by atoms with Crippen LogP contribution >= 0.6 is 0 Å². The minimum Gasteiger partial charge on any atom is -0.497 e. The van der Waals surface area contributed by atoms with Gasteiger partial charge in [-0.3, -0.25) is 9.78 Å². The van der Waals surface area contributed by atoms with Crippen LogP contribution in [-0.2, 0) is 6.54 Å². The van der Waals surface area contributed by atoms with Crippen molar-refractivity contribution in [3.05, 3.63) is 59.5 Å². The maximum Gasteiger partial charge on any atom is 0.254 e. The minimum atomic E-state index is -0.112. The standard InChI is InChI=1S/C17H17N3O2/c1-11-16(14-7-6-13(22-2)9-15(14)20-11)17(21)19-10-12-5-3-4-8-18-12/h3-9,20H,10H2,1-2H3,(H,19,21). The number of hydrogen-bond donors (Lipinski definition) is 2. The lowest BCUT2D eigenvalue weighted by atomic mass is 10.1. The minimum absolute atomic E-state index is 0.112. The first-order chi connectivity index (χ1) is 10.7. The molecule has 2 heterocycles. The number of fused-ring (bicyclic) bond motifs is 1. The van der Waals surface area contributed by atoms with Crippen molar-refractivity contribution in [2.45, 2.75) is 13.5 Å². The molecule has 0 aliphatic heterocycles. The van der Waals surface area contributed by atoms with Crippen LogP contribution in [0.15, 0.2) is 42.6 Å². The predicted octanol–water partition coefficient (Wildman–Crippen LogP) is 2.81. The summed E-state index contributed by atoms with van der Waals surface area (Å²) in [6.45, 7) is 2.30. The lowest BCUT2D eigenvalue weighted by Crippen LogP contribution is -2.23. The van der Waals surface area contributed by atoms with E-state index in [4.69, 9.17) is 4.74 Å². The summed E-state index contributed by atoms with van der Waals surface area (Å²) in [5.74, 6) is 0.647. The Morgan fingerprint density at radius 3 is 2.91 bits per heavy atom. The van der Waals surface area contributed by atoms with Gasteiger partial charge in [-0.25, -0.2) is 0 Å². The molecule has 2 aromatic heterocycles. The lowest BCUT2D eigenvalue weighted by molar-refractivity contribution is 0.0951. The Bertz CT molecular complexity index is 809. The van der Waals surface area contributed by atoms with Crippen molar-refractivity contribution in [3.63, 3.8) is 0 Å². The number of aromatic nitrogens is 2. The molecule has 0 fully saturated rings. The Hall–Kier alpha value is -2.82. The zero-order valence-electron chi connectivity index (χ0n) is 12.5. The maximum absolute atomic E-state index is 12.5. The Morgan fingerprint density at radius 2 is 2.18 bits per heavy atom. The van der Waals surface area contributed by atoms with Crippen molar-refractivity contribution in [2.75, 3.05) is 7.11 Å². The number of pyridine rings is 1. The Morgan fingerprint density at radius 1 is 1.32 bits per heavy atom. The van der Waals surface area contributed by atoms with Gasteiger partial charge in [0.2, 0.25) is 0 Å². The molecule has 3 rings (SSSR count). The summed E-state index contributed by atoms with van der Waals surface area (Å²) in [7, 11) is 1.62. The zero-order valence-corrected chi connectivity index (χ0v) is 12.5. The number of rotatable bonds is 4. The van der Waals surface area contributed by atoms with Crippen LogP contribution in [0.5, 0.6) is 5.75 Å². The Labute approximate surface area is 128 Å². The van der Waals surface area contributed by atoms with Crippen LogP contribution in [0.2, 0.25) is 0 Å². The summed E-state index contributed by atoms with van der Waals surface area (Å²) < 4.78 is 5.21. The van der Waals surface area contributed by atoms with E-state index in [1.807, 2.05) is 43.3 Å². The molecule has 1 amide bonds. The molecule has 22 heavy (non-hydrogen) atoms. The molecule has 0 radical (unpaired) electrons. The highest BCUT2D eigenvalue weighted by atomic mass is 16.5. The number of nitrogens with one attached hydrogen (secondary N) is 2. The number of aryl methyl sites for hydroxylation is 1. The zero-order chi connectivity index (χ0) is 15.5. The highest BCUT2D eigenvalue weighted by molar-refractivity contribution is 6.08. The summed E-state index contributed by atoms with van der Waals surface area (Å²) in [4.78, 5) is 19.9. The molecule has 5 nitrogen and oxygen atoms in total. The molecule has 0 bridgehead atoms. The number of ether oxygens (including phenoxy) is 1. The van der Waals surface area contributed by atoms with Crippen LogP contribution in [0.3, 0.4) is 0 Å². The molecule has 0 aliphatic rings. The van der Waals surface area contributed by atoms with E-state index in [9.17, 15) is 4.79 Å². The van der Waals surface area contributed by atoms with Crippen LogP contribution in [-0.4, -0.2) is 23.0 Å². The fourth-order valence-electron chi connectivity index (χ4n) is 2.49. The van der Waals surface area contributed by atoms with Crippen molar-refractivity contribution in [3.8, 4) is 5.75 Å². The highest BCUT2D eigenvalue weighted by Crippen LogP contribution is 2.25. The number of nitrogens with zero attached hydrogens (tertiary/aromatic N) is 1. The normalized spacial score (nSPS) is 10.6. The molecule has 0 aliphatic carbocycles. The van der Waals surface area contributed by atoms with E-state index in [0.717, 1.165) is 28.0 Å². The van der Waals surface area contributed by atoms with Gasteiger partial charge in [0.25, 0.3) is 5.91 Å². The monoisotopic (exact) mass is 295 g/mol. The van der Waals surface area contributed by atoms with E-state index in [1.165, 1.54) is 0 Å². The van der Waals surface area contributed by atoms with E-state index < -0.39 is 0 Å². The number of aromatic amines is 1. The van der Waals surface area contributed by atoms with Gasteiger partial charge in [-0.2, -0.15) is 0 Å². The van der Waals surface area contributed by atoms with Gasteiger partial charge >= 0.3 is 0 Å². The van der Waals surface area contributed by atoms with Crippen molar-refractivity contribution < 1.29 is 9.53 Å². The average Bonchev–Trinajstić information content (AvgIpc) is 2.88. The molecule has 2 N–H and O–H groups in total. The second-order valence-corrected chi connectivity index (χ2v) is 5.04. The molecule has 5 heteroatoms. The predicted molar refractivity (Wildman–Crippen MR) is 85.0 cm³/mol. The quantitative estimate of drug-likeness (QED) is 0.777. The van der Waals surface area contributed by atoms with Crippen molar-refractivity contribution in [2.24, 2.45) is 0 Å². The van der Waals surface area contributed by atoms with Crippen molar-refractivity contribution in [1.82, 2.24) is 15.3 Å². The smallest absolute Gasteiger partial charge is 0.254 e. The summed E-state index contributed by atoms with van der Waals surface area (Å²) in [5.41, 5.74) is 3.21. The molecule has 0 atom stereocenters. The highest BCUT2D eigenvalue weighted by Gasteiger charge is 2.16. The number of H-pyrrole nitrogens is 1. The number of amides is 1. The Balaban J connectivity index is 1.86. The number of hydrogen-bond acceptors (Lipinski definition) is 3. The number of methoxy groups -OCH3 is 1. The molecular formula is C17H17N3O2. The molecule has 0 saturated carbocycles. The van der Waals surface area contributed by atoms with Crippen LogP contribution in [0.25, 0.3) is 10.9 Å². The first-order valence-electron chi connectivity index (χ1n) is 7.03. The average molecular weight is 295 g/mol. The molecule has 1 aromatic carbocycles. The molecule has 112 valence electrons. The van der Waals surface area contributed by atoms with E-state index in [-0.39, 0.29) is 5.91 Å². The lowest BCUT2D eigenvalue weighted by Gasteiger charge is -2.05. The number of carbonyl (C=O) groups is 1. The van der Waals surface area contributed by atoms with Crippen molar-refractivity contribution in [1.29, 1.82) is 0 Å². The van der Waals surface area contributed by atoms with Crippen LogP contribution in [0.4, 0.5) is 0 Å². The summed E-state index contributed by atoms with van der Waals surface area (Å²) in [5, 5.41) is 3.80. The molecule has 0 spiro atoms. The first-order valence-corrected chi connectivity index (χ1v) is 7.03. The number of benzene rings is 1. The van der Waals surface area contributed by atoms with E-state index in [2.05, 4.69) is 15.3 Å². The van der Waals surface area contributed by atoms with Gasteiger partial charge in [-0.05, 0) is 31.2 Å². The topological polar surface area (TPSA) is 67.0 Å². The van der Waals surface area contributed by atoms with Crippen LogP contribution in [0, 0.1) is 6.92 Å². The maximum atomic E-state index is 12.5. The third-order valence-corrected chi connectivity index (χ3v) is 3.58. The fourth-order valence-corrected chi connectivity index (χ4v) is 2.49. The van der Waals surface area contributed by atoms with Crippen LogP contribution < -0.4 is 10.1 Å². The molecular weight excluding hydrogens is 278 g/mol. The molecule has 0 saturated heterocycles. The van der Waals surface area contributed by atoms with E-state index in [1.54, 1.807) is 13.3 Å². The van der Waals surface area contributed by atoms with Crippen molar-refractivity contribution >= 4 is 16.8 Å². The van der Waals surface area contributed by atoms with Crippen LogP contribution in [0.1, 0.15) is 21.7 Å². The summed E-state index contributed by atoms with van der Waals surface area (Å²) in [6.07, 6.45) is 1.71. The third kappa shape index (κ3) is 2.65. The first kappa shape index (κ1) is 14.1. The second-order valence-electron chi connectivity index (χ2n) is 5.04. The summed E-state index contributed by atoms with van der Waals surface area (Å²) >= 11 is 0. The van der Waals surface area contributed by atoms with Gasteiger partial charge in [0.1, 0.15) is 5.75 Å². The SMILES string of the molecule is COc1ccc2c(C(=O)NCc3ccccn3)c(C)[nH]c2c1. The van der Waals surface area contributed by atoms with Gasteiger partial charge in [0.05, 0.1) is 30.4 Å². The second kappa shape index (κ2) is 5.89.